The number of nitrogen functional groups attached to an aromatic ring is 1. The first-order valence-electron chi connectivity index (χ1n) is 3.61. The second-order valence-electron chi connectivity index (χ2n) is 2.46. The molecule has 2 rings (SSSR count). The summed E-state index contributed by atoms with van der Waals surface area (Å²) in [7, 11) is 0. The molecule has 1 aromatic heterocycles. The predicted molar refractivity (Wildman–Crippen MR) is 55.6 cm³/mol. The van der Waals surface area contributed by atoms with Gasteiger partial charge in [0.15, 0.2) is 5.13 Å². The van der Waals surface area contributed by atoms with Crippen molar-refractivity contribution in [2.75, 3.05) is 5.73 Å². The summed E-state index contributed by atoms with van der Waals surface area (Å²) < 4.78 is 0. The SMILES string of the molecule is Nc1nc(/C=C2\SC(=O)NC2=O)cs1. The molecule has 1 aliphatic rings. The highest BCUT2D eigenvalue weighted by Crippen LogP contribution is 2.26. The maximum atomic E-state index is 11.1. The van der Waals surface area contributed by atoms with Crippen LogP contribution >= 0.6 is 23.1 Å². The lowest BCUT2D eigenvalue weighted by atomic mass is 10.4. The number of nitrogens with two attached hydrogens (primary N) is 1. The topological polar surface area (TPSA) is 85.1 Å². The number of hydrogen-bond donors (Lipinski definition) is 2. The van der Waals surface area contributed by atoms with Crippen LogP contribution in [0.3, 0.4) is 0 Å². The minimum absolute atomic E-state index is 0.348. The lowest BCUT2D eigenvalue weighted by Crippen LogP contribution is -2.17. The molecule has 7 heteroatoms. The monoisotopic (exact) mass is 227 g/mol. The van der Waals surface area contributed by atoms with Gasteiger partial charge < -0.3 is 5.73 Å². The van der Waals surface area contributed by atoms with E-state index in [1.165, 1.54) is 17.4 Å². The number of amides is 2. The van der Waals surface area contributed by atoms with E-state index in [0.29, 0.717) is 15.7 Å². The number of carbonyl (C=O) groups is 2. The van der Waals surface area contributed by atoms with Crippen LogP contribution in [0.4, 0.5) is 9.93 Å². The Morgan fingerprint density at radius 3 is 2.79 bits per heavy atom. The van der Waals surface area contributed by atoms with Gasteiger partial charge in [0.25, 0.3) is 11.1 Å². The fourth-order valence-corrected chi connectivity index (χ4v) is 2.11. The van der Waals surface area contributed by atoms with Crippen molar-refractivity contribution in [2.45, 2.75) is 0 Å². The zero-order valence-corrected chi connectivity index (χ0v) is 8.45. The smallest absolute Gasteiger partial charge is 0.290 e. The van der Waals surface area contributed by atoms with Crippen LogP contribution in [0.2, 0.25) is 0 Å². The molecule has 0 bridgehead atoms. The number of imide groups is 1. The third-order valence-electron chi connectivity index (χ3n) is 1.46. The number of thioether (sulfide) groups is 1. The zero-order chi connectivity index (χ0) is 10.1. The van der Waals surface area contributed by atoms with Crippen LogP contribution in [-0.4, -0.2) is 16.1 Å². The highest BCUT2D eigenvalue weighted by Gasteiger charge is 2.25. The molecule has 0 atom stereocenters. The number of hydrogen-bond acceptors (Lipinski definition) is 6. The Kier molecular flexibility index (Phi) is 2.26. The van der Waals surface area contributed by atoms with Gasteiger partial charge in [0.05, 0.1) is 10.6 Å². The molecule has 5 nitrogen and oxygen atoms in total. The second-order valence-corrected chi connectivity index (χ2v) is 4.37. The van der Waals surface area contributed by atoms with Gasteiger partial charge in [-0.3, -0.25) is 14.9 Å². The van der Waals surface area contributed by atoms with E-state index in [4.69, 9.17) is 5.73 Å². The standard InChI is InChI=1S/C7H5N3O2S2/c8-6-9-3(2-13-6)1-4-5(11)10-7(12)14-4/h1-2H,(H2,8,9)(H,10,11,12)/b4-1-. The van der Waals surface area contributed by atoms with Crippen LogP contribution < -0.4 is 11.1 Å². The summed E-state index contributed by atoms with van der Waals surface area (Å²) in [6.45, 7) is 0. The normalized spacial score (nSPS) is 19.0. The maximum Gasteiger partial charge on any atom is 0.290 e. The van der Waals surface area contributed by atoms with E-state index in [-0.39, 0.29) is 11.1 Å². The molecule has 3 N–H and O–H groups in total. The van der Waals surface area contributed by atoms with E-state index in [9.17, 15) is 9.59 Å². The number of aromatic nitrogens is 1. The van der Waals surface area contributed by atoms with E-state index in [1.54, 1.807) is 5.38 Å². The summed E-state index contributed by atoms with van der Waals surface area (Å²) in [5.74, 6) is -0.383. The summed E-state index contributed by atoms with van der Waals surface area (Å²) in [4.78, 5) is 26.2. The second kappa shape index (κ2) is 3.43. The molecule has 1 saturated heterocycles. The molecule has 2 heterocycles. The van der Waals surface area contributed by atoms with E-state index in [1.807, 2.05) is 0 Å². The number of carbonyl (C=O) groups excluding carboxylic acids is 2. The quantitative estimate of drug-likeness (QED) is 0.700. The third kappa shape index (κ3) is 1.78. The van der Waals surface area contributed by atoms with Crippen LogP contribution in [0.25, 0.3) is 6.08 Å². The van der Waals surface area contributed by atoms with Gasteiger partial charge in [-0.05, 0) is 17.8 Å². The van der Waals surface area contributed by atoms with Crippen molar-refractivity contribution >= 4 is 45.5 Å². The van der Waals surface area contributed by atoms with Gasteiger partial charge >= 0.3 is 0 Å². The minimum atomic E-state index is -0.383. The van der Waals surface area contributed by atoms with Gasteiger partial charge in [-0.1, -0.05) is 0 Å². The Hall–Kier alpha value is -1.34. The van der Waals surface area contributed by atoms with Crippen molar-refractivity contribution in [3.63, 3.8) is 0 Å². The molecule has 0 aliphatic carbocycles. The molecular formula is C7H5N3O2S2. The zero-order valence-electron chi connectivity index (χ0n) is 6.81. The predicted octanol–water partition coefficient (Wildman–Crippen LogP) is 1.05. The Morgan fingerprint density at radius 1 is 1.50 bits per heavy atom. The highest BCUT2D eigenvalue weighted by atomic mass is 32.2. The Balaban J connectivity index is 2.27. The van der Waals surface area contributed by atoms with Crippen LogP contribution in [0.5, 0.6) is 0 Å². The van der Waals surface area contributed by atoms with Gasteiger partial charge in [0.2, 0.25) is 0 Å². The Morgan fingerprint density at radius 2 is 2.29 bits per heavy atom. The first-order valence-corrected chi connectivity index (χ1v) is 5.30. The molecule has 1 fully saturated rings. The maximum absolute atomic E-state index is 11.1. The van der Waals surface area contributed by atoms with Crippen LogP contribution in [-0.2, 0) is 4.79 Å². The largest absolute Gasteiger partial charge is 0.375 e. The summed E-state index contributed by atoms with van der Waals surface area (Å²) in [5, 5.41) is 3.96. The fraction of sp³-hybridized carbons (Fsp3) is 0. The highest BCUT2D eigenvalue weighted by molar-refractivity contribution is 8.18. The lowest BCUT2D eigenvalue weighted by Gasteiger charge is -1.87. The van der Waals surface area contributed by atoms with Crippen molar-refractivity contribution in [1.29, 1.82) is 0 Å². The molecule has 0 aromatic carbocycles. The molecule has 1 aliphatic heterocycles. The average Bonchev–Trinajstić information content (AvgIpc) is 2.61. The molecule has 0 radical (unpaired) electrons. The molecule has 1 aromatic rings. The molecular weight excluding hydrogens is 222 g/mol. The molecule has 72 valence electrons. The van der Waals surface area contributed by atoms with E-state index in [0.717, 1.165) is 11.8 Å². The number of nitrogens with one attached hydrogen (secondary N) is 1. The summed E-state index contributed by atoms with van der Waals surface area (Å²) >= 11 is 2.15. The van der Waals surface area contributed by atoms with E-state index < -0.39 is 0 Å². The Labute approximate surface area is 87.4 Å². The molecule has 0 unspecified atom stereocenters. The summed E-state index contributed by atoms with van der Waals surface area (Å²) in [5.41, 5.74) is 6.02. The molecule has 0 spiro atoms. The summed E-state index contributed by atoms with van der Waals surface area (Å²) in [6.07, 6.45) is 1.54. The van der Waals surface area contributed by atoms with Crippen molar-refractivity contribution in [1.82, 2.24) is 10.3 Å². The molecule has 14 heavy (non-hydrogen) atoms. The lowest BCUT2D eigenvalue weighted by molar-refractivity contribution is -0.115. The van der Waals surface area contributed by atoms with Gasteiger partial charge in [-0.2, -0.15) is 0 Å². The van der Waals surface area contributed by atoms with Crippen molar-refractivity contribution in [2.24, 2.45) is 0 Å². The van der Waals surface area contributed by atoms with Crippen molar-refractivity contribution in [3.05, 3.63) is 16.0 Å². The number of rotatable bonds is 1. The first-order chi connectivity index (χ1) is 6.65. The average molecular weight is 227 g/mol. The van der Waals surface area contributed by atoms with Gasteiger partial charge in [-0.15, -0.1) is 11.3 Å². The van der Waals surface area contributed by atoms with Crippen LogP contribution in [0.1, 0.15) is 5.69 Å². The minimum Gasteiger partial charge on any atom is -0.375 e. The Bertz CT molecular complexity index is 438. The molecule has 0 saturated carbocycles. The fourth-order valence-electron chi connectivity index (χ4n) is 0.922. The number of nitrogens with zero attached hydrogens (tertiary/aromatic N) is 1. The van der Waals surface area contributed by atoms with Crippen molar-refractivity contribution < 1.29 is 9.59 Å². The van der Waals surface area contributed by atoms with E-state index >= 15 is 0 Å². The first kappa shape index (κ1) is 9.22. The van der Waals surface area contributed by atoms with Crippen LogP contribution in [0, 0.1) is 0 Å². The number of thiazole rings is 1. The third-order valence-corrected chi connectivity index (χ3v) is 2.96. The van der Waals surface area contributed by atoms with Gasteiger partial charge in [-0.25, -0.2) is 4.98 Å². The summed E-state index contributed by atoms with van der Waals surface area (Å²) in [6, 6.07) is 0. The molecule has 2 amide bonds. The van der Waals surface area contributed by atoms with E-state index in [2.05, 4.69) is 10.3 Å². The van der Waals surface area contributed by atoms with Crippen LogP contribution in [0.15, 0.2) is 10.3 Å². The van der Waals surface area contributed by atoms with Gasteiger partial charge in [0.1, 0.15) is 0 Å². The number of anilines is 1. The van der Waals surface area contributed by atoms with Gasteiger partial charge in [0, 0.05) is 5.38 Å². The van der Waals surface area contributed by atoms with Crippen molar-refractivity contribution in [3.8, 4) is 0 Å².